The Morgan fingerprint density at radius 1 is 1.22 bits per heavy atom. The molecule has 0 aliphatic rings. The first kappa shape index (κ1) is 18.9. The van der Waals surface area contributed by atoms with Crippen molar-refractivity contribution in [2.75, 3.05) is 0 Å². The summed E-state index contributed by atoms with van der Waals surface area (Å²) in [5.41, 5.74) is 1.06. The van der Waals surface area contributed by atoms with Gasteiger partial charge in [0.1, 0.15) is 11.3 Å². The first-order valence-corrected chi connectivity index (χ1v) is 8.71. The Balaban J connectivity index is 1.81. The van der Waals surface area contributed by atoms with E-state index in [9.17, 15) is 18.0 Å². The minimum absolute atomic E-state index is 0.0336. The maximum Gasteiger partial charge on any atom is 0.431 e. The maximum atomic E-state index is 13.4. The van der Waals surface area contributed by atoms with Crippen LogP contribution in [0.25, 0.3) is 11.0 Å². The molecule has 1 amide bonds. The van der Waals surface area contributed by atoms with E-state index in [4.69, 9.17) is 0 Å². The number of pyridine rings is 1. The average Bonchev–Trinajstić information content (AvgIpc) is 3.00. The van der Waals surface area contributed by atoms with Crippen LogP contribution in [0.4, 0.5) is 13.2 Å². The van der Waals surface area contributed by atoms with E-state index in [1.54, 1.807) is 31.2 Å². The molecule has 0 fully saturated rings. The summed E-state index contributed by atoms with van der Waals surface area (Å²) in [5.74, 6) is -0.317. The Bertz CT molecular complexity index is 945. The largest absolute Gasteiger partial charge is 0.431 e. The van der Waals surface area contributed by atoms with Crippen molar-refractivity contribution >= 4 is 16.9 Å². The smallest absolute Gasteiger partial charge is 0.348 e. The summed E-state index contributed by atoms with van der Waals surface area (Å²) in [6.07, 6.45) is -2.18. The van der Waals surface area contributed by atoms with Crippen LogP contribution in [0.15, 0.2) is 48.7 Å². The number of fused-ring (bicyclic) bond motifs is 1. The second kappa shape index (κ2) is 7.42. The molecule has 1 atom stereocenters. The van der Waals surface area contributed by atoms with Crippen LogP contribution in [0.5, 0.6) is 0 Å². The molecule has 142 valence electrons. The quantitative estimate of drug-likeness (QED) is 0.717. The number of rotatable bonds is 5. The lowest BCUT2D eigenvalue weighted by Crippen LogP contribution is -2.36. The van der Waals surface area contributed by atoms with Crippen molar-refractivity contribution in [3.8, 4) is 0 Å². The van der Waals surface area contributed by atoms with Crippen LogP contribution in [0.2, 0.25) is 0 Å². The molecule has 2 heterocycles. The molecular formula is C20H20F3N3O. The number of alkyl halides is 3. The molecule has 0 aliphatic heterocycles. The molecule has 0 spiro atoms. The summed E-state index contributed by atoms with van der Waals surface area (Å²) < 4.78 is 41.3. The lowest BCUT2D eigenvalue weighted by atomic mass is 10.1. The predicted octanol–water partition coefficient (Wildman–Crippen LogP) is 4.44. The van der Waals surface area contributed by atoms with E-state index >= 15 is 0 Å². The van der Waals surface area contributed by atoms with Gasteiger partial charge in [-0.05, 0) is 49.2 Å². The fourth-order valence-electron chi connectivity index (χ4n) is 3.03. The van der Waals surface area contributed by atoms with E-state index in [0.717, 1.165) is 22.6 Å². The highest BCUT2D eigenvalue weighted by atomic mass is 19.4. The number of carbonyl (C=O) groups is 1. The highest BCUT2D eigenvalue weighted by Crippen LogP contribution is 2.33. The summed E-state index contributed by atoms with van der Waals surface area (Å²) in [4.78, 5) is 16.4. The minimum Gasteiger partial charge on any atom is -0.348 e. The van der Waals surface area contributed by atoms with E-state index in [-0.39, 0.29) is 18.1 Å². The third-order valence-corrected chi connectivity index (χ3v) is 4.40. The first-order valence-electron chi connectivity index (χ1n) is 8.71. The standard InChI is InChI=1S/C20H20F3N3O/c1-3-14-6-8-15(9-7-14)19(27)25-13(2)12-26-17(20(21,22)23)11-16-5-4-10-24-18(16)26/h4-11,13H,3,12H2,1-2H3,(H,25,27)/t13-/m1/s1. The number of aryl methyl sites for hydroxylation is 1. The SMILES string of the molecule is CCc1ccc(C(=O)N[C@H](C)Cn2c(C(F)(F)F)cc3cccnc32)cc1. The lowest BCUT2D eigenvalue weighted by molar-refractivity contribution is -0.143. The van der Waals surface area contributed by atoms with E-state index in [2.05, 4.69) is 10.3 Å². The van der Waals surface area contributed by atoms with Crippen molar-refractivity contribution < 1.29 is 18.0 Å². The number of aromatic nitrogens is 2. The first-order chi connectivity index (χ1) is 12.8. The fraction of sp³-hybridized carbons (Fsp3) is 0.300. The van der Waals surface area contributed by atoms with Crippen molar-refractivity contribution in [1.29, 1.82) is 0 Å². The average molecular weight is 375 g/mol. The van der Waals surface area contributed by atoms with Crippen molar-refractivity contribution in [3.05, 3.63) is 65.5 Å². The van der Waals surface area contributed by atoms with E-state index in [0.29, 0.717) is 10.9 Å². The molecule has 3 rings (SSSR count). The normalized spacial score (nSPS) is 12.9. The van der Waals surface area contributed by atoms with Gasteiger partial charge in [-0.25, -0.2) is 4.98 Å². The Morgan fingerprint density at radius 2 is 1.93 bits per heavy atom. The third kappa shape index (κ3) is 4.13. The Kier molecular flexibility index (Phi) is 5.21. The molecule has 1 aromatic carbocycles. The highest BCUT2D eigenvalue weighted by Gasteiger charge is 2.36. The monoisotopic (exact) mass is 375 g/mol. The molecule has 0 unspecified atom stereocenters. The molecule has 3 aromatic rings. The predicted molar refractivity (Wildman–Crippen MR) is 97.5 cm³/mol. The van der Waals surface area contributed by atoms with Gasteiger partial charge in [0.05, 0.1) is 0 Å². The van der Waals surface area contributed by atoms with Crippen LogP contribution >= 0.6 is 0 Å². The third-order valence-electron chi connectivity index (χ3n) is 4.40. The zero-order valence-corrected chi connectivity index (χ0v) is 15.0. The molecule has 1 N–H and O–H groups in total. The van der Waals surface area contributed by atoms with Crippen molar-refractivity contribution in [1.82, 2.24) is 14.9 Å². The minimum atomic E-state index is -4.50. The Labute approximate surface area is 155 Å². The number of benzene rings is 1. The summed E-state index contributed by atoms with van der Waals surface area (Å²) in [6, 6.07) is 10.9. The number of nitrogens with one attached hydrogen (secondary N) is 1. The summed E-state index contributed by atoms with van der Waals surface area (Å²) in [7, 11) is 0. The number of amides is 1. The zero-order valence-electron chi connectivity index (χ0n) is 15.0. The van der Waals surface area contributed by atoms with Crippen LogP contribution < -0.4 is 5.32 Å². The summed E-state index contributed by atoms with van der Waals surface area (Å²) >= 11 is 0. The van der Waals surface area contributed by atoms with Gasteiger partial charge in [0.2, 0.25) is 0 Å². The molecule has 2 aromatic heterocycles. The lowest BCUT2D eigenvalue weighted by Gasteiger charge is -2.18. The van der Waals surface area contributed by atoms with Gasteiger partial charge in [-0.1, -0.05) is 19.1 Å². The van der Waals surface area contributed by atoms with Gasteiger partial charge in [0.15, 0.2) is 0 Å². The number of nitrogens with zero attached hydrogens (tertiary/aromatic N) is 2. The topological polar surface area (TPSA) is 46.9 Å². The van der Waals surface area contributed by atoms with Crippen LogP contribution in [-0.4, -0.2) is 21.5 Å². The van der Waals surface area contributed by atoms with Crippen LogP contribution in [0, 0.1) is 0 Å². The van der Waals surface area contributed by atoms with Crippen LogP contribution in [-0.2, 0) is 19.1 Å². The molecule has 7 heteroatoms. The Hall–Kier alpha value is -2.83. The second-order valence-corrected chi connectivity index (χ2v) is 6.48. The zero-order chi connectivity index (χ0) is 19.6. The summed E-state index contributed by atoms with van der Waals surface area (Å²) in [5, 5.41) is 3.18. The van der Waals surface area contributed by atoms with Crippen LogP contribution in [0.1, 0.15) is 35.5 Å². The molecule has 4 nitrogen and oxygen atoms in total. The van der Waals surface area contributed by atoms with E-state index < -0.39 is 17.9 Å². The van der Waals surface area contributed by atoms with Crippen molar-refractivity contribution in [2.45, 2.75) is 39.0 Å². The molecule has 0 radical (unpaired) electrons. The van der Waals surface area contributed by atoms with Gasteiger partial charge < -0.3 is 9.88 Å². The maximum absolute atomic E-state index is 13.4. The summed E-state index contributed by atoms with van der Waals surface area (Å²) in [6.45, 7) is 3.66. The molecule has 0 saturated heterocycles. The van der Waals surface area contributed by atoms with E-state index in [1.807, 2.05) is 19.1 Å². The van der Waals surface area contributed by atoms with Gasteiger partial charge in [0.25, 0.3) is 5.91 Å². The van der Waals surface area contributed by atoms with Gasteiger partial charge in [0, 0.05) is 29.7 Å². The van der Waals surface area contributed by atoms with E-state index in [1.165, 1.54) is 6.20 Å². The number of carbonyl (C=O) groups excluding carboxylic acids is 1. The van der Waals surface area contributed by atoms with Crippen LogP contribution in [0.3, 0.4) is 0 Å². The van der Waals surface area contributed by atoms with Crippen molar-refractivity contribution in [3.63, 3.8) is 0 Å². The molecule has 0 bridgehead atoms. The molecule has 0 saturated carbocycles. The van der Waals surface area contributed by atoms with Gasteiger partial charge in [-0.15, -0.1) is 0 Å². The molecular weight excluding hydrogens is 355 g/mol. The van der Waals surface area contributed by atoms with Gasteiger partial charge >= 0.3 is 6.18 Å². The fourth-order valence-corrected chi connectivity index (χ4v) is 3.03. The second-order valence-electron chi connectivity index (χ2n) is 6.48. The molecule has 0 aliphatic carbocycles. The van der Waals surface area contributed by atoms with Gasteiger partial charge in [-0.2, -0.15) is 13.2 Å². The molecule has 27 heavy (non-hydrogen) atoms. The number of halogens is 3. The Morgan fingerprint density at radius 3 is 2.56 bits per heavy atom. The van der Waals surface area contributed by atoms with Gasteiger partial charge in [-0.3, -0.25) is 4.79 Å². The number of hydrogen-bond acceptors (Lipinski definition) is 2. The highest BCUT2D eigenvalue weighted by molar-refractivity contribution is 5.94. The number of hydrogen-bond donors (Lipinski definition) is 1. The van der Waals surface area contributed by atoms with Crippen molar-refractivity contribution in [2.24, 2.45) is 0 Å².